The number of alkyl halides is 6. The van der Waals surface area contributed by atoms with E-state index in [1.54, 1.807) is 0 Å². The highest BCUT2D eigenvalue weighted by Gasteiger charge is 2.73. The lowest BCUT2D eigenvalue weighted by Gasteiger charge is -2.48. The monoisotopic (exact) mass is 737 g/mol. The molecule has 7 nitrogen and oxygen atoms in total. The van der Waals surface area contributed by atoms with Crippen molar-refractivity contribution in [1.29, 1.82) is 0 Å². The molecule has 0 unspecified atom stereocenters. The van der Waals surface area contributed by atoms with Crippen LogP contribution in [-0.2, 0) is 41.1 Å². The molecule has 270 valence electrons. The number of benzene rings is 3. The lowest BCUT2D eigenvalue weighted by Crippen LogP contribution is -2.56. The van der Waals surface area contributed by atoms with Crippen LogP contribution in [0.3, 0.4) is 0 Å². The number of carbonyl (C=O) groups excluding carboxylic acids is 1. The largest absolute Gasteiger partial charge is 0.481 e. The van der Waals surface area contributed by atoms with E-state index < -0.39 is 109 Å². The molecule has 1 heterocycles. The molecule has 0 atom stereocenters. The maximum absolute atomic E-state index is 14.5. The fraction of sp³-hybridized carbons (Fsp3) is 0.394. The Morgan fingerprint density at radius 2 is 1.32 bits per heavy atom. The Labute approximate surface area is 279 Å². The second-order valence-electron chi connectivity index (χ2n) is 12.2. The zero-order valence-corrected chi connectivity index (χ0v) is 26.5. The first-order valence-corrected chi connectivity index (χ1v) is 16.6. The summed E-state index contributed by atoms with van der Waals surface area (Å²) >= 11 is 0. The average Bonchev–Trinajstić information content (AvgIpc) is 3.01. The summed E-state index contributed by atoms with van der Waals surface area (Å²) in [5.41, 5.74) is -8.15. The minimum atomic E-state index is -6.24. The van der Waals surface area contributed by atoms with Gasteiger partial charge < -0.3 is 14.7 Å². The van der Waals surface area contributed by atoms with E-state index in [0.29, 0.717) is 36.4 Å². The third kappa shape index (κ3) is 6.33. The number of sulfone groups is 1. The van der Waals surface area contributed by atoms with Crippen LogP contribution in [0.25, 0.3) is 0 Å². The van der Waals surface area contributed by atoms with Crippen molar-refractivity contribution in [2.45, 2.75) is 59.9 Å². The number of carbonyl (C=O) groups is 2. The highest BCUT2D eigenvalue weighted by Crippen LogP contribution is 2.57. The van der Waals surface area contributed by atoms with Crippen molar-refractivity contribution < 1.29 is 67.4 Å². The van der Waals surface area contributed by atoms with Crippen LogP contribution < -0.4 is 0 Å². The summed E-state index contributed by atoms with van der Waals surface area (Å²) in [7, 11) is -4.59. The van der Waals surface area contributed by atoms with Gasteiger partial charge in [0, 0.05) is 30.1 Å². The molecule has 3 aromatic carbocycles. The van der Waals surface area contributed by atoms with Crippen LogP contribution in [0.2, 0.25) is 0 Å². The van der Waals surface area contributed by atoms with E-state index in [-0.39, 0.29) is 31.5 Å². The number of nitrogens with zero attached hydrogens (tertiary/aromatic N) is 1. The summed E-state index contributed by atoms with van der Waals surface area (Å²) in [5, 5.41) is 9.25. The van der Waals surface area contributed by atoms with E-state index in [9.17, 15) is 62.6 Å². The highest BCUT2D eigenvalue weighted by molar-refractivity contribution is 7.92. The number of piperidine rings is 1. The summed E-state index contributed by atoms with van der Waals surface area (Å²) in [4.78, 5) is 25.6. The Balaban J connectivity index is 1.53. The zero-order valence-electron chi connectivity index (χ0n) is 25.7. The molecule has 2 fully saturated rings. The van der Waals surface area contributed by atoms with Gasteiger partial charge in [-0.05, 0) is 67.6 Å². The minimum Gasteiger partial charge on any atom is -0.481 e. The van der Waals surface area contributed by atoms with Crippen LogP contribution in [0.1, 0.15) is 42.4 Å². The second kappa shape index (κ2) is 13.2. The molecule has 5 rings (SSSR count). The lowest BCUT2D eigenvalue weighted by atomic mass is 9.69. The lowest BCUT2D eigenvalue weighted by molar-refractivity contribution is -0.392. The quantitative estimate of drug-likeness (QED) is 0.187. The normalized spacial score (nSPS) is 20.7. The number of likely N-dealkylation sites (tertiary alicyclic amines) is 1. The summed E-state index contributed by atoms with van der Waals surface area (Å²) in [5.74, 6) is -6.86. The standard InChI is InChI=1S/C33H28F9NO6S/c34-23-8-10-24(11-9-23)50(47,48)30(16-20(17-30)28(44)43-14-12-19(13-15-43)29(45)46)21-4-6-22(7-5-21)31(32(37,38)39,33(40,41)42)49-18-25-26(35)2-1-3-27(25)36/h1-11,19-20H,12-18H2,(H,45,46). The van der Waals surface area contributed by atoms with E-state index in [1.807, 2.05) is 0 Å². The van der Waals surface area contributed by atoms with Crippen LogP contribution in [0.15, 0.2) is 71.6 Å². The van der Waals surface area contributed by atoms with Crippen LogP contribution in [0.5, 0.6) is 0 Å². The molecule has 1 amide bonds. The molecule has 1 saturated carbocycles. The van der Waals surface area contributed by atoms with Crippen molar-refractivity contribution in [1.82, 2.24) is 4.90 Å². The van der Waals surface area contributed by atoms with Gasteiger partial charge in [-0.3, -0.25) is 9.59 Å². The molecule has 2 aliphatic rings. The van der Waals surface area contributed by atoms with Gasteiger partial charge in [-0.1, -0.05) is 30.3 Å². The first-order valence-electron chi connectivity index (χ1n) is 15.1. The second-order valence-corrected chi connectivity index (χ2v) is 14.5. The molecule has 17 heteroatoms. The molecular weight excluding hydrogens is 709 g/mol. The fourth-order valence-electron chi connectivity index (χ4n) is 6.56. The minimum absolute atomic E-state index is 0.0759. The fourth-order valence-corrected chi connectivity index (χ4v) is 8.79. The SMILES string of the molecule is O=C(O)C1CCN(C(=O)C2CC(c3ccc(C(OCc4c(F)cccc4F)(C(F)(F)F)C(F)(F)F)cc3)(S(=O)(=O)c3ccc(F)cc3)C2)CC1. The van der Waals surface area contributed by atoms with E-state index in [1.165, 1.54) is 4.90 Å². The Bertz CT molecular complexity index is 1810. The summed E-state index contributed by atoms with van der Waals surface area (Å²) in [6, 6.07) is 7.77. The zero-order chi connectivity index (χ0) is 36.9. The average molecular weight is 738 g/mol. The molecule has 0 radical (unpaired) electrons. The molecule has 1 aliphatic heterocycles. The van der Waals surface area contributed by atoms with E-state index in [2.05, 4.69) is 4.74 Å². The van der Waals surface area contributed by atoms with Crippen LogP contribution >= 0.6 is 0 Å². The number of amides is 1. The number of rotatable bonds is 9. The molecule has 3 aromatic rings. The van der Waals surface area contributed by atoms with E-state index >= 15 is 0 Å². The van der Waals surface area contributed by atoms with Crippen LogP contribution in [-0.4, -0.2) is 55.7 Å². The van der Waals surface area contributed by atoms with Gasteiger partial charge in [0.25, 0.3) is 5.60 Å². The number of aliphatic carboxylic acids is 1. The third-order valence-corrected chi connectivity index (χ3v) is 11.9. The number of carboxylic acids is 1. The Morgan fingerprint density at radius 1 is 0.800 bits per heavy atom. The number of ether oxygens (including phenoxy) is 1. The number of hydrogen-bond acceptors (Lipinski definition) is 5. The van der Waals surface area contributed by atoms with Gasteiger partial charge in [0.15, 0.2) is 9.84 Å². The van der Waals surface area contributed by atoms with Gasteiger partial charge >= 0.3 is 18.3 Å². The van der Waals surface area contributed by atoms with Crippen molar-refractivity contribution in [3.8, 4) is 0 Å². The van der Waals surface area contributed by atoms with Gasteiger partial charge in [-0.25, -0.2) is 21.6 Å². The van der Waals surface area contributed by atoms with Crippen molar-refractivity contribution in [3.63, 3.8) is 0 Å². The summed E-state index contributed by atoms with van der Waals surface area (Å²) in [6.45, 7) is -1.63. The number of hydrogen-bond donors (Lipinski definition) is 1. The van der Waals surface area contributed by atoms with Crippen LogP contribution in [0, 0.1) is 29.3 Å². The van der Waals surface area contributed by atoms with E-state index in [0.717, 1.165) is 30.3 Å². The Hall–Kier alpha value is -4.12. The maximum atomic E-state index is 14.5. The highest BCUT2D eigenvalue weighted by atomic mass is 32.2. The summed E-state index contributed by atoms with van der Waals surface area (Å²) < 4.78 is 159. The molecule has 0 bridgehead atoms. The van der Waals surface area contributed by atoms with Gasteiger partial charge in [-0.2, -0.15) is 26.3 Å². The van der Waals surface area contributed by atoms with Gasteiger partial charge in [0.05, 0.1) is 17.4 Å². The van der Waals surface area contributed by atoms with Gasteiger partial charge in [0.1, 0.15) is 22.2 Å². The topological polar surface area (TPSA) is 101 Å². The van der Waals surface area contributed by atoms with Crippen LogP contribution in [0.4, 0.5) is 39.5 Å². The Morgan fingerprint density at radius 3 is 1.80 bits per heavy atom. The first-order chi connectivity index (χ1) is 23.2. The number of halogens is 9. The predicted octanol–water partition coefficient (Wildman–Crippen LogP) is 7.04. The molecule has 50 heavy (non-hydrogen) atoms. The van der Waals surface area contributed by atoms with Crippen molar-refractivity contribution in [2.24, 2.45) is 11.8 Å². The van der Waals surface area contributed by atoms with Gasteiger partial charge in [0.2, 0.25) is 5.91 Å². The molecule has 0 aromatic heterocycles. The van der Waals surface area contributed by atoms with Crippen molar-refractivity contribution in [3.05, 3.63) is 101 Å². The first kappa shape index (κ1) is 37.1. The van der Waals surface area contributed by atoms with Crippen molar-refractivity contribution >= 4 is 21.7 Å². The smallest absolute Gasteiger partial charge is 0.430 e. The van der Waals surface area contributed by atoms with Gasteiger partial charge in [-0.15, -0.1) is 0 Å². The number of carboxylic acid groups (broad SMARTS) is 1. The molecule has 1 aliphatic carbocycles. The third-order valence-electron chi connectivity index (χ3n) is 9.41. The molecule has 1 saturated heterocycles. The molecule has 1 N–H and O–H groups in total. The molecular formula is C33H28F9NO6S. The Kier molecular flexibility index (Phi) is 9.81. The predicted molar refractivity (Wildman–Crippen MR) is 156 cm³/mol. The van der Waals surface area contributed by atoms with E-state index in [4.69, 9.17) is 0 Å². The maximum Gasteiger partial charge on any atom is 0.430 e. The summed E-state index contributed by atoms with van der Waals surface area (Å²) in [6.07, 6.45) is -13.1. The molecule has 0 spiro atoms. The van der Waals surface area contributed by atoms with Crippen molar-refractivity contribution in [2.75, 3.05) is 13.1 Å².